The number of nitrogens with one attached hydrogen (secondary N) is 3. The van der Waals surface area contributed by atoms with Crippen molar-refractivity contribution in [2.45, 2.75) is 31.8 Å². The van der Waals surface area contributed by atoms with Crippen LogP contribution in [0.25, 0.3) is 0 Å². The summed E-state index contributed by atoms with van der Waals surface area (Å²) in [6.07, 6.45) is 4.85. The van der Waals surface area contributed by atoms with Crippen LogP contribution in [0.1, 0.15) is 28.0 Å². The third-order valence-electron chi connectivity index (χ3n) is 5.02. The van der Waals surface area contributed by atoms with Crippen LogP contribution in [0, 0.1) is 0 Å². The van der Waals surface area contributed by atoms with Crippen molar-refractivity contribution in [3.8, 4) is 0 Å². The second-order valence-corrected chi connectivity index (χ2v) is 7.46. The number of amides is 2. The first-order chi connectivity index (χ1) is 16.0. The predicted molar refractivity (Wildman–Crippen MR) is 117 cm³/mol. The van der Waals surface area contributed by atoms with Crippen molar-refractivity contribution in [2.75, 3.05) is 38.7 Å². The Hall–Kier alpha value is -3.67. The van der Waals surface area contributed by atoms with Gasteiger partial charge in [0.1, 0.15) is 18.5 Å². The second-order valence-electron chi connectivity index (χ2n) is 7.46. The van der Waals surface area contributed by atoms with Crippen molar-refractivity contribution < 1.29 is 29.0 Å². The number of carbonyl (C=O) groups excluding carboxylic acids is 2. The van der Waals surface area contributed by atoms with E-state index in [4.69, 9.17) is 9.47 Å². The maximum atomic E-state index is 12.4. The van der Waals surface area contributed by atoms with Crippen LogP contribution in [0.2, 0.25) is 0 Å². The largest absolute Gasteiger partial charge is 0.480 e. The van der Waals surface area contributed by atoms with Crippen LogP contribution in [0.5, 0.6) is 0 Å². The first-order valence-electron chi connectivity index (χ1n) is 10.6. The highest BCUT2D eigenvalue weighted by Gasteiger charge is 2.22. The minimum absolute atomic E-state index is 0.0162. The number of carbonyl (C=O) groups is 3. The normalized spacial score (nSPS) is 13.4. The number of nitrogens with zero attached hydrogens (tertiary/aromatic N) is 3. The van der Waals surface area contributed by atoms with Gasteiger partial charge in [0, 0.05) is 45.1 Å². The number of aromatic nitrogens is 3. The molecule has 0 radical (unpaired) electrons. The fourth-order valence-corrected chi connectivity index (χ4v) is 3.24. The van der Waals surface area contributed by atoms with Gasteiger partial charge >= 0.3 is 12.1 Å². The quantitative estimate of drug-likeness (QED) is 0.349. The molecule has 2 amide bonds. The van der Waals surface area contributed by atoms with Crippen LogP contribution in [0.4, 0.5) is 10.6 Å². The number of rotatable bonds is 11. The Morgan fingerprint density at radius 2 is 2.15 bits per heavy atom. The van der Waals surface area contributed by atoms with E-state index in [1.807, 2.05) is 6.07 Å². The number of carboxylic acid groups (broad SMARTS) is 1. The molecular formula is C21H28N6O6. The molecule has 12 heteroatoms. The standard InChI is InChI=1S/C21H28N6O6/c1-32-9-10-33-21(31)26-17(20(29)30)12-23-19(28)15-11-24-27(13-15)8-6-16-5-4-14-3-2-7-22-18(14)25-16/h4-5,11,13,17H,2-3,6-10,12H2,1H3,(H,22,25)(H,23,28)(H,26,31)(H,29,30). The van der Waals surface area contributed by atoms with Crippen LogP contribution in [-0.4, -0.2) is 77.3 Å². The van der Waals surface area contributed by atoms with E-state index in [0.29, 0.717) is 13.0 Å². The van der Waals surface area contributed by atoms with E-state index in [-0.39, 0.29) is 25.3 Å². The molecule has 1 atom stereocenters. The summed E-state index contributed by atoms with van der Waals surface area (Å²) in [4.78, 5) is 40.0. The molecule has 178 valence electrons. The number of methoxy groups -OCH3 is 1. The zero-order valence-electron chi connectivity index (χ0n) is 18.4. The number of pyridine rings is 1. The molecular weight excluding hydrogens is 432 g/mol. The third kappa shape index (κ3) is 7.17. The number of anilines is 1. The van der Waals surface area contributed by atoms with Crippen molar-refractivity contribution in [3.63, 3.8) is 0 Å². The highest BCUT2D eigenvalue weighted by atomic mass is 16.6. The van der Waals surface area contributed by atoms with Gasteiger partial charge in [-0.15, -0.1) is 0 Å². The van der Waals surface area contributed by atoms with Gasteiger partial charge in [-0.3, -0.25) is 9.48 Å². The van der Waals surface area contributed by atoms with Crippen LogP contribution in [-0.2, 0) is 33.7 Å². The number of carboxylic acids is 1. The summed E-state index contributed by atoms with van der Waals surface area (Å²) in [7, 11) is 1.45. The molecule has 0 aromatic carbocycles. The molecule has 0 aliphatic carbocycles. The van der Waals surface area contributed by atoms with Gasteiger partial charge in [-0.2, -0.15) is 5.10 Å². The molecule has 33 heavy (non-hydrogen) atoms. The zero-order chi connectivity index (χ0) is 23.6. The highest BCUT2D eigenvalue weighted by molar-refractivity contribution is 5.94. The Labute approximate surface area is 190 Å². The van der Waals surface area contributed by atoms with Gasteiger partial charge in [0.05, 0.1) is 18.4 Å². The van der Waals surface area contributed by atoms with E-state index >= 15 is 0 Å². The molecule has 1 unspecified atom stereocenters. The highest BCUT2D eigenvalue weighted by Crippen LogP contribution is 2.19. The lowest BCUT2D eigenvalue weighted by molar-refractivity contribution is -0.139. The summed E-state index contributed by atoms with van der Waals surface area (Å²) in [5, 5.41) is 21.4. The number of hydrogen-bond donors (Lipinski definition) is 4. The number of alkyl carbamates (subject to hydrolysis) is 1. The van der Waals surface area contributed by atoms with Crippen LogP contribution in [0.15, 0.2) is 24.5 Å². The summed E-state index contributed by atoms with van der Waals surface area (Å²) in [5.41, 5.74) is 2.43. The van der Waals surface area contributed by atoms with Gasteiger partial charge in [0.25, 0.3) is 5.91 Å². The lowest BCUT2D eigenvalue weighted by Crippen LogP contribution is -2.48. The van der Waals surface area contributed by atoms with E-state index < -0.39 is 24.0 Å². The molecule has 3 heterocycles. The SMILES string of the molecule is COCCOC(=O)NC(CNC(=O)c1cnn(CCc2ccc3c(n2)NCCC3)c1)C(=O)O. The van der Waals surface area contributed by atoms with E-state index in [1.54, 1.807) is 10.9 Å². The molecule has 2 aromatic heterocycles. The summed E-state index contributed by atoms with van der Waals surface area (Å²) in [5.74, 6) is -0.872. The molecule has 4 N–H and O–H groups in total. The monoisotopic (exact) mass is 460 g/mol. The van der Waals surface area contributed by atoms with Crippen LogP contribution in [0.3, 0.4) is 0 Å². The molecule has 0 saturated heterocycles. The van der Waals surface area contributed by atoms with Crippen LogP contribution < -0.4 is 16.0 Å². The fourth-order valence-electron chi connectivity index (χ4n) is 3.24. The van der Waals surface area contributed by atoms with E-state index in [0.717, 1.165) is 30.9 Å². The van der Waals surface area contributed by atoms with Crippen LogP contribution >= 0.6 is 0 Å². The second kappa shape index (κ2) is 11.8. The predicted octanol–water partition coefficient (Wildman–Crippen LogP) is 0.435. The number of hydrogen-bond acceptors (Lipinski definition) is 8. The summed E-state index contributed by atoms with van der Waals surface area (Å²) < 4.78 is 11.2. The summed E-state index contributed by atoms with van der Waals surface area (Å²) in [6.45, 7) is 1.31. The fraction of sp³-hybridized carbons (Fsp3) is 0.476. The van der Waals surface area contributed by atoms with E-state index in [2.05, 4.69) is 32.1 Å². The smallest absolute Gasteiger partial charge is 0.407 e. The molecule has 0 saturated carbocycles. The maximum Gasteiger partial charge on any atom is 0.407 e. The number of ether oxygens (including phenoxy) is 2. The van der Waals surface area contributed by atoms with Gasteiger partial charge in [0.15, 0.2) is 0 Å². The third-order valence-corrected chi connectivity index (χ3v) is 5.02. The molecule has 1 aliphatic heterocycles. The molecule has 0 bridgehead atoms. The number of fused-ring (bicyclic) bond motifs is 1. The molecule has 0 spiro atoms. The van der Waals surface area contributed by atoms with Crippen molar-refractivity contribution in [2.24, 2.45) is 0 Å². The van der Waals surface area contributed by atoms with Gasteiger partial charge in [-0.05, 0) is 24.5 Å². The first kappa shape index (κ1) is 24.0. The Morgan fingerprint density at radius 1 is 1.30 bits per heavy atom. The average Bonchev–Trinajstić information content (AvgIpc) is 3.29. The number of aliphatic carboxylic acids is 1. The Kier molecular flexibility index (Phi) is 8.58. The average molecular weight is 460 g/mol. The van der Waals surface area contributed by atoms with Crippen molar-refractivity contribution in [1.82, 2.24) is 25.4 Å². The Bertz CT molecular complexity index is 978. The zero-order valence-corrected chi connectivity index (χ0v) is 18.4. The molecule has 2 aromatic rings. The maximum absolute atomic E-state index is 12.4. The van der Waals surface area contributed by atoms with E-state index in [1.165, 1.54) is 18.9 Å². The van der Waals surface area contributed by atoms with Crippen molar-refractivity contribution in [1.29, 1.82) is 0 Å². The topological polar surface area (TPSA) is 157 Å². The first-order valence-corrected chi connectivity index (χ1v) is 10.6. The van der Waals surface area contributed by atoms with Gasteiger partial charge in [-0.1, -0.05) is 6.07 Å². The summed E-state index contributed by atoms with van der Waals surface area (Å²) >= 11 is 0. The lowest BCUT2D eigenvalue weighted by atomic mass is 10.1. The molecule has 0 fully saturated rings. The lowest BCUT2D eigenvalue weighted by Gasteiger charge is -2.17. The molecule has 3 rings (SSSR count). The molecule has 1 aliphatic rings. The van der Waals surface area contributed by atoms with Gasteiger partial charge in [-0.25, -0.2) is 14.6 Å². The minimum atomic E-state index is -1.34. The minimum Gasteiger partial charge on any atom is -0.480 e. The number of aryl methyl sites for hydroxylation is 3. The van der Waals surface area contributed by atoms with Gasteiger partial charge in [0.2, 0.25) is 0 Å². The van der Waals surface area contributed by atoms with Crippen molar-refractivity contribution >= 4 is 23.8 Å². The summed E-state index contributed by atoms with van der Waals surface area (Å²) in [6, 6.07) is 2.75. The molecule has 12 nitrogen and oxygen atoms in total. The Balaban J connectivity index is 1.47. The van der Waals surface area contributed by atoms with E-state index in [9.17, 15) is 19.5 Å². The Morgan fingerprint density at radius 3 is 2.94 bits per heavy atom. The van der Waals surface area contributed by atoms with Gasteiger partial charge < -0.3 is 30.5 Å². The van der Waals surface area contributed by atoms with Crippen molar-refractivity contribution in [3.05, 3.63) is 41.3 Å².